The van der Waals surface area contributed by atoms with Crippen molar-refractivity contribution in [3.8, 4) is 11.5 Å². The summed E-state index contributed by atoms with van der Waals surface area (Å²) in [5.41, 5.74) is 2.16. The molecule has 0 radical (unpaired) electrons. The average Bonchev–Trinajstić information content (AvgIpc) is 2.69. The molecule has 0 N–H and O–H groups in total. The van der Waals surface area contributed by atoms with Gasteiger partial charge in [0.1, 0.15) is 0 Å². The fraction of sp³-hybridized carbons (Fsp3) is 0.350. The van der Waals surface area contributed by atoms with E-state index in [4.69, 9.17) is 21.1 Å². The van der Waals surface area contributed by atoms with Crippen LogP contribution in [0.4, 0.5) is 0 Å². The summed E-state index contributed by atoms with van der Waals surface area (Å²) in [6.07, 6.45) is 1.87. The van der Waals surface area contributed by atoms with Crippen LogP contribution in [0, 0.1) is 0 Å². The lowest BCUT2D eigenvalue weighted by Gasteiger charge is -2.33. The fourth-order valence-corrected chi connectivity index (χ4v) is 3.16. The van der Waals surface area contributed by atoms with E-state index in [1.54, 1.807) is 14.2 Å². The lowest BCUT2D eigenvalue weighted by molar-refractivity contribution is 0.131. The minimum Gasteiger partial charge on any atom is -0.493 e. The SMILES string of the molecule is COc1ccc(C=NN2CCN(Cc3ccccc3Cl)CC2)cc1OC. The first kappa shape index (κ1) is 18.5. The zero-order chi connectivity index (χ0) is 18.4. The molecule has 0 amide bonds. The molecule has 0 spiro atoms. The van der Waals surface area contributed by atoms with Crippen LogP contribution in [-0.4, -0.2) is 56.5 Å². The molecule has 0 unspecified atom stereocenters. The van der Waals surface area contributed by atoms with Gasteiger partial charge in [-0.2, -0.15) is 5.10 Å². The van der Waals surface area contributed by atoms with Gasteiger partial charge in [-0.25, -0.2) is 0 Å². The summed E-state index contributed by atoms with van der Waals surface area (Å²) in [5.74, 6) is 1.43. The van der Waals surface area contributed by atoms with Crippen LogP contribution in [-0.2, 0) is 6.54 Å². The Labute approximate surface area is 159 Å². The molecule has 138 valence electrons. The second kappa shape index (κ2) is 8.92. The van der Waals surface area contributed by atoms with Gasteiger partial charge in [-0.15, -0.1) is 0 Å². The van der Waals surface area contributed by atoms with E-state index in [1.165, 1.54) is 5.56 Å². The molecule has 2 aromatic carbocycles. The second-order valence-corrected chi connectivity index (χ2v) is 6.59. The quantitative estimate of drug-likeness (QED) is 0.726. The van der Waals surface area contributed by atoms with Gasteiger partial charge >= 0.3 is 0 Å². The van der Waals surface area contributed by atoms with Crippen molar-refractivity contribution in [1.82, 2.24) is 9.91 Å². The third-order valence-corrected chi connectivity index (χ3v) is 4.85. The Morgan fingerprint density at radius 2 is 1.73 bits per heavy atom. The molecular formula is C20H24ClN3O2. The van der Waals surface area contributed by atoms with Gasteiger partial charge in [-0.3, -0.25) is 9.91 Å². The van der Waals surface area contributed by atoms with Crippen LogP contribution in [0.3, 0.4) is 0 Å². The van der Waals surface area contributed by atoms with Crippen molar-refractivity contribution in [2.75, 3.05) is 40.4 Å². The van der Waals surface area contributed by atoms with Crippen molar-refractivity contribution in [2.45, 2.75) is 6.54 Å². The molecule has 5 nitrogen and oxygen atoms in total. The summed E-state index contributed by atoms with van der Waals surface area (Å²) < 4.78 is 10.6. The number of rotatable bonds is 6. The van der Waals surface area contributed by atoms with Gasteiger partial charge in [0.2, 0.25) is 0 Å². The number of benzene rings is 2. The highest BCUT2D eigenvalue weighted by Crippen LogP contribution is 2.27. The Kier molecular flexibility index (Phi) is 6.36. The van der Waals surface area contributed by atoms with Gasteiger partial charge in [-0.1, -0.05) is 29.8 Å². The summed E-state index contributed by atoms with van der Waals surface area (Å²) >= 11 is 6.26. The van der Waals surface area contributed by atoms with E-state index >= 15 is 0 Å². The third kappa shape index (κ3) is 4.68. The monoisotopic (exact) mass is 373 g/mol. The van der Waals surface area contributed by atoms with Crippen molar-refractivity contribution in [3.05, 3.63) is 58.6 Å². The molecular weight excluding hydrogens is 350 g/mol. The number of ether oxygens (including phenoxy) is 2. The van der Waals surface area contributed by atoms with E-state index in [0.29, 0.717) is 5.75 Å². The van der Waals surface area contributed by atoms with Gasteiger partial charge in [0.25, 0.3) is 0 Å². The summed E-state index contributed by atoms with van der Waals surface area (Å²) in [7, 11) is 3.27. The molecule has 0 atom stereocenters. The minimum atomic E-state index is 0.709. The Hall–Kier alpha value is -2.24. The standard InChI is InChI=1S/C20H24ClN3O2/c1-25-19-8-7-16(13-20(19)26-2)14-22-24-11-9-23(10-12-24)15-17-5-3-4-6-18(17)21/h3-8,13-14H,9-12,15H2,1-2H3. The summed E-state index contributed by atoms with van der Waals surface area (Å²) in [5, 5.41) is 7.53. The zero-order valence-electron chi connectivity index (χ0n) is 15.2. The van der Waals surface area contributed by atoms with Crippen molar-refractivity contribution in [2.24, 2.45) is 5.10 Å². The van der Waals surface area contributed by atoms with Crippen LogP contribution in [0.5, 0.6) is 11.5 Å². The predicted molar refractivity (Wildman–Crippen MR) is 105 cm³/mol. The van der Waals surface area contributed by atoms with Crippen LogP contribution >= 0.6 is 11.6 Å². The van der Waals surface area contributed by atoms with Crippen LogP contribution < -0.4 is 9.47 Å². The van der Waals surface area contributed by atoms with Crippen molar-refractivity contribution in [3.63, 3.8) is 0 Å². The van der Waals surface area contributed by atoms with Gasteiger partial charge < -0.3 is 9.47 Å². The summed E-state index contributed by atoms with van der Waals surface area (Å²) in [6.45, 7) is 4.61. The largest absolute Gasteiger partial charge is 0.493 e. The molecule has 1 aliphatic heterocycles. The molecule has 26 heavy (non-hydrogen) atoms. The molecule has 1 fully saturated rings. The van der Waals surface area contributed by atoms with Crippen LogP contribution in [0.1, 0.15) is 11.1 Å². The smallest absolute Gasteiger partial charge is 0.161 e. The first-order valence-corrected chi connectivity index (χ1v) is 9.04. The lowest BCUT2D eigenvalue weighted by atomic mass is 10.2. The average molecular weight is 374 g/mol. The highest BCUT2D eigenvalue weighted by molar-refractivity contribution is 6.31. The summed E-state index contributed by atoms with van der Waals surface area (Å²) in [4.78, 5) is 2.41. The minimum absolute atomic E-state index is 0.709. The number of methoxy groups -OCH3 is 2. The van der Waals surface area contributed by atoms with E-state index in [-0.39, 0.29) is 0 Å². The number of halogens is 1. The molecule has 0 bridgehead atoms. The summed E-state index contributed by atoms with van der Waals surface area (Å²) in [6, 6.07) is 13.8. The molecule has 1 aliphatic rings. The lowest BCUT2D eigenvalue weighted by Crippen LogP contribution is -2.43. The number of hydrogen-bond acceptors (Lipinski definition) is 5. The Balaban J connectivity index is 1.54. The Morgan fingerprint density at radius 1 is 1.00 bits per heavy atom. The van der Waals surface area contributed by atoms with Crippen LogP contribution in [0.25, 0.3) is 0 Å². The second-order valence-electron chi connectivity index (χ2n) is 6.18. The highest BCUT2D eigenvalue weighted by atomic mass is 35.5. The maximum absolute atomic E-state index is 6.26. The van der Waals surface area contributed by atoms with E-state index in [9.17, 15) is 0 Å². The van der Waals surface area contributed by atoms with Crippen molar-refractivity contribution >= 4 is 17.8 Å². The molecule has 2 aromatic rings. The molecule has 0 saturated carbocycles. The van der Waals surface area contributed by atoms with Gasteiger partial charge in [0.15, 0.2) is 11.5 Å². The van der Waals surface area contributed by atoms with Gasteiger partial charge in [0, 0.05) is 37.7 Å². The predicted octanol–water partition coefficient (Wildman–Crippen LogP) is 3.51. The molecule has 6 heteroatoms. The van der Waals surface area contributed by atoms with E-state index in [0.717, 1.165) is 49.1 Å². The first-order chi connectivity index (χ1) is 12.7. The first-order valence-electron chi connectivity index (χ1n) is 8.66. The molecule has 0 aromatic heterocycles. The van der Waals surface area contributed by atoms with Gasteiger partial charge in [0.05, 0.1) is 20.4 Å². The Bertz CT molecular complexity index is 758. The normalized spacial score (nSPS) is 15.4. The highest BCUT2D eigenvalue weighted by Gasteiger charge is 2.16. The molecule has 1 saturated heterocycles. The van der Waals surface area contributed by atoms with Crippen molar-refractivity contribution in [1.29, 1.82) is 0 Å². The number of hydrazone groups is 1. The van der Waals surface area contributed by atoms with Gasteiger partial charge in [-0.05, 0) is 35.4 Å². The number of piperazine rings is 1. The maximum atomic E-state index is 6.26. The topological polar surface area (TPSA) is 37.3 Å². The van der Waals surface area contributed by atoms with E-state index in [1.807, 2.05) is 42.6 Å². The van der Waals surface area contributed by atoms with E-state index < -0.39 is 0 Å². The maximum Gasteiger partial charge on any atom is 0.161 e. The molecule has 0 aliphatic carbocycles. The number of hydrogen-bond donors (Lipinski definition) is 0. The zero-order valence-corrected chi connectivity index (χ0v) is 15.9. The van der Waals surface area contributed by atoms with E-state index in [2.05, 4.69) is 21.1 Å². The Morgan fingerprint density at radius 3 is 2.42 bits per heavy atom. The molecule has 1 heterocycles. The molecule has 3 rings (SSSR count). The number of nitrogens with zero attached hydrogens (tertiary/aromatic N) is 3. The third-order valence-electron chi connectivity index (χ3n) is 4.48. The van der Waals surface area contributed by atoms with Crippen LogP contribution in [0.2, 0.25) is 5.02 Å². The van der Waals surface area contributed by atoms with Crippen LogP contribution in [0.15, 0.2) is 47.6 Å². The van der Waals surface area contributed by atoms with Crippen molar-refractivity contribution < 1.29 is 9.47 Å². The fourth-order valence-electron chi connectivity index (χ4n) is 2.96.